The molecule has 0 aliphatic carbocycles. The topological polar surface area (TPSA) is 66.8 Å². The predicted octanol–water partition coefficient (Wildman–Crippen LogP) is 2.17. The molecule has 4 nitrogen and oxygen atoms in total. The van der Waals surface area contributed by atoms with E-state index in [1.807, 2.05) is 13.8 Å². The first kappa shape index (κ1) is 13.5. The molecule has 2 N–H and O–H groups in total. The summed E-state index contributed by atoms with van der Waals surface area (Å²) in [5.74, 6) is -0.484. The van der Waals surface area contributed by atoms with Crippen LogP contribution in [0.25, 0.3) is 0 Å². The van der Waals surface area contributed by atoms with Gasteiger partial charge in [0.25, 0.3) is 0 Å². The molecule has 1 rings (SSSR count). The van der Waals surface area contributed by atoms with Gasteiger partial charge in [-0.05, 0) is 31.0 Å². The van der Waals surface area contributed by atoms with Crippen molar-refractivity contribution in [3.05, 3.63) is 29.8 Å². The molecule has 0 bridgehead atoms. The first-order chi connectivity index (χ1) is 7.83. The van der Waals surface area contributed by atoms with Crippen LogP contribution in [0.2, 0.25) is 0 Å². The molecular formula is C13H18O4. The van der Waals surface area contributed by atoms with Crippen molar-refractivity contribution >= 4 is 5.97 Å². The minimum absolute atomic E-state index is 0.0603. The van der Waals surface area contributed by atoms with Gasteiger partial charge < -0.3 is 14.9 Å². The maximum atomic E-state index is 10.8. The largest absolute Gasteiger partial charge is 0.491 e. The van der Waals surface area contributed by atoms with Crippen LogP contribution in [-0.4, -0.2) is 28.4 Å². The first-order valence-corrected chi connectivity index (χ1v) is 5.51. The Balaban J connectivity index is 2.70. The van der Waals surface area contributed by atoms with Gasteiger partial charge in [-0.3, -0.25) is 0 Å². The molecule has 17 heavy (non-hydrogen) atoms. The van der Waals surface area contributed by atoms with E-state index in [1.165, 1.54) is 12.1 Å². The lowest BCUT2D eigenvalue weighted by Crippen LogP contribution is -2.37. The standard InChI is InChI=1S/C13H18O4/c1-9(2)13(3,16)8-17-11-6-4-5-10(7-11)12(14)15/h4-7,9,16H,8H2,1-3H3,(H,14,15). The number of aliphatic hydroxyl groups is 1. The van der Waals surface area contributed by atoms with E-state index in [9.17, 15) is 9.90 Å². The predicted molar refractivity (Wildman–Crippen MR) is 64.4 cm³/mol. The summed E-state index contributed by atoms with van der Waals surface area (Å²) in [6, 6.07) is 6.22. The van der Waals surface area contributed by atoms with Crippen LogP contribution in [0.4, 0.5) is 0 Å². The van der Waals surface area contributed by atoms with Gasteiger partial charge in [0.15, 0.2) is 0 Å². The summed E-state index contributed by atoms with van der Waals surface area (Å²) in [6.07, 6.45) is 0. The third kappa shape index (κ3) is 3.75. The Kier molecular flexibility index (Phi) is 4.12. The van der Waals surface area contributed by atoms with Gasteiger partial charge in [-0.15, -0.1) is 0 Å². The molecule has 0 aliphatic heterocycles. The molecule has 0 fully saturated rings. The van der Waals surface area contributed by atoms with Gasteiger partial charge in [-0.2, -0.15) is 0 Å². The minimum atomic E-state index is -0.994. The summed E-state index contributed by atoms with van der Waals surface area (Å²) >= 11 is 0. The highest BCUT2D eigenvalue weighted by Crippen LogP contribution is 2.19. The van der Waals surface area contributed by atoms with Crippen LogP contribution in [0.5, 0.6) is 5.75 Å². The van der Waals surface area contributed by atoms with Crippen LogP contribution < -0.4 is 4.74 Å². The van der Waals surface area contributed by atoms with Crippen molar-refractivity contribution in [1.82, 2.24) is 0 Å². The molecule has 94 valence electrons. The van der Waals surface area contributed by atoms with E-state index in [0.717, 1.165) is 0 Å². The minimum Gasteiger partial charge on any atom is -0.491 e. The fraction of sp³-hybridized carbons (Fsp3) is 0.462. The Labute approximate surface area is 101 Å². The molecule has 0 amide bonds. The van der Waals surface area contributed by atoms with Crippen molar-refractivity contribution in [1.29, 1.82) is 0 Å². The number of carboxylic acids is 1. The highest BCUT2D eigenvalue weighted by Gasteiger charge is 2.25. The van der Waals surface area contributed by atoms with Crippen molar-refractivity contribution in [3.8, 4) is 5.75 Å². The first-order valence-electron chi connectivity index (χ1n) is 5.51. The van der Waals surface area contributed by atoms with E-state index in [0.29, 0.717) is 5.75 Å². The third-order valence-corrected chi connectivity index (χ3v) is 2.86. The zero-order valence-electron chi connectivity index (χ0n) is 10.3. The van der Waals surface area contributed by atoms with Crippen LogP contribution >= 0.6 is 0 Å². The van der Waals surface area contributed by atoms with Crippen LogP contribution in [0, 0.1) is 5.92 Å². The Hall–Kier alpha value is -1.55. The van der Waals surface area contributed by atoms with E-state index >= 15 is 0 Å². The molecule has 0 aliphatic rings. The van der Waals surface area contributed by atoms with Crippen LogP contribution in [-0.2, 0) is 0 Å². The lowest BCUT2D eigenvalue weighted by molar-refractivity contribution is -0.0266. The average molecular weight is 238 g/mol. The molecule has 4 heteroatoms. The Morgan fingerprint density at radius 3 is 2.65 bits per heavy atom. The molecule has 1 atom stereocenters. The highest BCUT2D eigenvalue weighted by molar-refractivity contribution is 5.87. The molecular weight excluding hydrogens is 220 g/mol. The monoisotopic (exact) mass is 238 g/mol. The number of ether oxygens (including phenoxy) is 1. The number of carbonyl (C=O) groups is 1. The SMILES string of the molecule is CC(C)C(C)(O)COc1cccc(C(=O)O)c1. The zero-order valence-corrected chi connectivity index (χ0v) is 10.3. The number of hydrogen-bond donors (Lipinski definition) is 2. The van der Waals surface area contributed by atoms with Gasteiger partial charge in [0, 0.05) is 0 Å². The van der Waals surface area contributed by atoms with Crippen molar-refractivity contribution < 1.29 is 19.7 Å². The number of carboxylic acid groups (broad SMARTS) is 1. The summed E-state index contributed by atoms with van der Waals surface area (Å²) in [7, 11) is 0. The van der Waals surface area contributed by atoms with Gasteiger partial charge in [-0.25, -0.2) is 4.79 Å². The molecule has 0 aromatic heterocycles. The fourth-order valence-corrected chi connectivity index (χ4v) is 1.12. The molecule has 0 heterocycles. The van der Waals surface area contributed by atoms with E-state index in [2.05, 4.69) is 0 Å². The van der Waals surface area contributed by atoms with Crippen LogP contribution in [0.15, 0.2) is 24.3 Å². The Morgan fingerprint density at radius 2 is 2.12 bits per heavy atom. The van der Waals surface area contributed by atoms with E-state index in [-0.39, 0.29) is 18.1 Å². The smallest absolute Gasteiger partial charge is 0.335 e. The number of hydrogen-bond acceptors (Lipinski definition) is 3. The summed E-state index contributed by atoms with van der Waals surface area (Å²) in [5, 5.41) is 18.8. The van der Waals surface area contributed by atoms with Crippen molar-refractivity contribution in [2.75, 3.05) is 6.61 Å². The van der Waals surface area contributed by atoms with Crippen molar-refractivity contribution in [3.63, 3.8) is 0 Å². The number of rotatable bonds is 5. The van der Waals surface area contributed by atoms with Crippen molar-refractivity contribution in [2.24, 2.45) is 5.92 Å². The average Bonchev–Trinajstić information content (AvgIpc) is 2.26. The van der Waals surface area contributed by atoms with Gasteiger partial charge in [-0.1, -0.05) is 19.9 Å². The van der Waals surface area contributed by atoms with Gasteiger partial charge in [0.2, 0.25) is 0 Å². The van der Waals surface area contributed by atoms with Crippen LogP contribution in [0.1, 0.15) is 31.1 Å². The Bertz CT molecular complexity index is 396. The molecule has 1 unspecified atom stereocenters. The second-order valence-corrected chi connectivity index (χ2v) is 4.63. The summed E-state index contributed by atoms with van der Waals surface area (Å²) in [4.78, 5) is 10.8. The lowest BCUT2D eigenvalue weighted by atomic mass is 9.94. The molecule has 0 spiro atoms. The summed E-state index contributed by atoms with van der Waals surface area (Å²) < 4.78 is 5.41. The Morgan fingerprint density at radius 1 is 1.47 bits per heavy atom. The lowest BCUT2D eigenvalue weighted by Gasteiger charge is -2.27. The number of benzene rings is 1. The van der Waals surface area contributed by atoms with E-state index < -0.39 is 11.6 Å². The second-order valence-electron chi connectivity index (χ2n) is 4.63. The van der Waals surface area contributed by atoms with E-state index in [4.69, 9.17) is 9.84 Å². The van der Waals surface area contributed by atoms with Gasteiger partial charge in [0.1, 0.15) is 12.4 Å². The summed E-state index contributed by atoms with van der Waals surface area (Å²) in [6.45, 7) is 5.63. The molecule has 0 saturated heterocycles. The molecule has 0 saturated carbocycles. The molecule has 1 aromatic carbocycles. The maximum Gasteiger partial charge on any atom is 0.335 e. The third-order valence-electron chi connectivity index (χ3n) is 2.86. The normalized spacial score (nSPS) is 14.4. The summed E-state index contributed by atoms with van der Waals surface area (Å²) in [5.41, 5.74) is -0.758. The maximum absolute atomic E-state index is 10.8. The number of aromatic carboxylic acids is 1. The van der Waals surface area contributed by atoms with Gasteiger partial charge in [0.05, 0.1) is 11.2 Å². The molecule has 1 aromatic rings. The zero-order chi connectivity index (χ0) is 13.1. The highest BCUT2D eigenvalue weighted by atomic mass is 16.5. The second kappa shape index (κ2) is 5.19. The molecule has 0 radical (unpaired) electrons. The van der Waals surface area contributed by atoms with Crippen molar-refractivity contribution in [2.45, 2.75) is 26.4 Å². The fourth-order valence-electron chi connectivity index (χ4n) is 1.12. The quantitative estimate of drug-likeness (QED) is 0.825. The van der Waals surface area contributed by atoms with Gasteiger partial charge >= 0.3 is 5.97 Å². The van der Waals surface area contributed by atoms with Crippen LogP contribution in [0.3, 0.4) is 0 Å². The van der Waals surface area contributed by atoms with E-state index in [1.54, 1.807) is 19.1 Å².